The lowest BCUT2D eigenvalue weighted by Gasteiger charge is -2.07. The van der Waals surface area contributed by atoms with Crippen LogP contribution in [0.4, 0.5) is 18.9 Å². The van der Waals surface area contributed by atoms with E-state index in [1.54, 1.807) is 6.07 Å². The third-order valence-electron chi connectivity index (χ3n) is 2.48. The zero-order valence-electron chi connectivity index (χ0n) is 9.95. The highest BCUT2D eigenvalue weighted by Crippen LogP contribution is 2.17. The second-order valence-corrected chi connectivity index (χ2v) is 3.91. The molecule has 0 spiro atoms. The first kappa shape index (κ1) is 13.6. The van der Waals surface area contributed by atoms with Crippen LogP contribution in [0.3, 0.4) is 0 Å². The van der Waals surface area contributed by atoms with Crippen molar-refractivity contribution in [2.24, 2.45) is 0 Å². The Morgan fingerprint density at radius 2 is 1.65 bits per heavy atom. The number of hydrogen-bond donors (Lipinski definition) is 1. The SMILES string of the molecule is N#Cc1cc(F)ccc1NC(=O)c1cc(F)cc(F)c1. The lowest BCUT2D eigenvalue weighted by molar-refractivity contribution is 0.102. The number of carbonyl (C=O) groups is 1. The third kappa shape index (κ3) is 2.95. The number of amides is 1. The molecule has 0 atom stereocenters. The van der Waals surface area contributed by atoms with Gasteiger partial charge in [-0.1, -0.05) is 0 Å². The summed E-state index contributed by atoms with van der Waals surface area (Å²) in [6, 6.07) is 7.26. The molecule has 0 radical (unpaired) electrons. The molecule has 0 saturated carbocycles. The normalized spacial score (nSPS) is 9.90. The van der Waals surface area contributed by atoms with Crippen molar-refractivity contribution in [1.82, 2.24) is 0 Å². The number of benzene rings is 2. The maximum absolute atomic E-state index is 13.0. The van der Waals surface area contributed by atoms with Gasteiger partial charge in [0.25, 0.3) is 5.91 Å². The van der Waals surface area contributed by atoms with Gasteiger partial charge in [-0.3, -0.25) is 4.79 Å². The molecule has 2 aromatic carbocycles. The van der Waals surface area contributed by atoms with E-state index >= 15 is 0 Å². The minimum atomic E-state index is -0.894. The molecule has 2 rings (SSSR count). The molecule has 0 aliphatic heterocycles. The first-order valence-corrected chi connectivity index (χ1v) is 5.46. The molecule has 0 saturated heterocycles. The molecule has 0 bridgehead atoms. The summed E-state index contributed by atoms with van der Waals surface area (Å²) in [5.74, 6) is -3.22. The minimum Gasteiger partial charge on any atom is -0.321 e. The summed E-state index contributed by atoms with van der Waals surface area (Å²) >= 11 is 0. The van der Waals surface area contributed by atoms with Crippen molar-refractivity contribution in [2.75, 3.05) is 5.32 Å². The Morgan fingerprint density at radius 1 is 1.00 bits per heavy atom. The van der Waals surface area contributed by atoms with Crippen molar-refractivity contribution in [2.45, 2.75) is 0 Å². The zero-order valence-corrected chi connectivity index (χ0v) is 9.95. The van der Waals surface area contributed by atoms with Crippen molar-refractivity contribution in [3.8, 4) is 6.07 Å². The van der Waals surface area contributed by atoms with Crippen LogP contribution >= 0.6 is 0 Å². The predicted octanol–water partition coefficient (Wildman–Crippen LogP) is 3.23. The molecule has 6 heteroatoms. The minimum absolute atomic E-state index is 0.0589. The lowest BCUT2D eigenvalue weighted by atomic mass is 10.1. The molecule has 1 amide bonds. The summed E-state index contributed by atoms with van der Waals surface area (Å²) in [5.41, 5.74) is -0.269. The summed E-state index contributed by atoms with van der Waals surface area (Å²) in [6.45, 7) is 0. The smallest absolute Gasteiger partial charge is 0.255 e. The van der Waals surface area contributed by atoms with E-state index in [-0.39, 0.29) is 16.8 Å². The van der Waals surface area contributed by atoms with Crippen LogP contribution in [0.25, 0.3) is 0 Å². The molecule has 0 heterocycles. The summed E-state index contributed by atoms with van der Waals surface area (Å²) in [4.78, 5) is 11.8. The zero-order chi connectivity index (χ0) is 14.7. The van der Waals surface area contributed by atoms with Gasteiger partial charge in [-0.25, -0.2) is 13.2 Å². The molecule has 1 N–H and O–H groups in total. The van der Waals surface area contributed by atoms with Crippen LogP contribution in [0.5, 0.6) is 0 Å². The number of nitrogens with one attached hydrogen (secondary N) is 1. The molecule has 0 aliphatic rings. The quantitative estimate of drug-likeness (QED) is 0.915. The molecule has 20 heavy (non-hydrogen) atoms. The largest absolute Gasteiger partial charge is 0.321 e. The maximum atomic E-state index is 13.0. The summed E-state index contributed by atoms with van der Waals surface area (Å²) in [6.07, 6.45) is 0. The van der Waals surface area contributed by atoms with Crippen LogP contribution in [0.1, 0.15) is 15.9 Å². The first-order chi connectivity index (χ1) is 9.49. The fourth-order valence-corrected chi connectivity index (χ4v) is 1.60. The van der Waals surface area contributed by atoms with Crippen LogP contribution in [-0.4, -0.2) is 5.91 Å². The van der Waals surface area contributed by atoms with Gasteiger partial charge in [0, 0.05) is 11.6 Å². The molecule has 100 valence electrons. The number of nitriles is 1. The Bertz CT molecular complexity index is 703. The monoisotopic (exact) mass is 276 g/mol. The van der Waals surface area contributed by atoms with E-state index < -0.39 is 23.4 Å². The van der Waals surface area contributed by atoms with E-state index in [1.165, 1.54) is 6.07 Å². The first-order valence-electron chi connectivity index (χ1n) is 5.46. The highest BCUT2D eigenvalue weighted by atomic mass is 19.1. The van der Waals surface area contributed by atoms with Crippen LogP contribution in [0, 0.1) is 28.8 Å². The van der Waals surface area contributed by atoms with Crippen molar-refractivity contribution >= 4 is 11.6 Å². The van der Waals surface area contributed by atoms with E-state index in [0.717, 1.165) is 24.3 Å². The van der Waals surface area contributed by atoms with E-state index in [0.29, 0.717) is 6.07 Å². The fraction of sp³-hybridized carbons (Fsp3) is 0. The highest BCUT2D eigenvalue weighted by Gasteiger charge is 2.12. The Balaban J connectivity index is 2.30. The van der Waals surface area contributed by atoms with Crippen molar-refractivity contribution in [3.05, 3.63) is 65.0 Å². The molecule has 3 nitrogen and oxygen atoms in total. The Hall–Kier alpha value is -2.81. The second kappa shape index (κ2) is 5.45. The second-order valence-electron chi connectivity index (χ2n) is 3.91. The number of rotatable bonds is 2. The van der Waals surface area contributed by atoms with Crippen LogP contribution in [0.2, 0.25) is 0 Å². The molecule has 0 unspecified atom stereocenters. The van der Waals surface area contributed by atoms with Crippen LogP contribution in [0.15, 0.2) is 36.4 Å². The topological polar surface area (TPSA) is 52.9 Å². The third-order valence-corrected chi connectivity index (χ3v) is 2.48. The Labute approximate surface area is 112 Å². The van der Waals surface area contributed by atoms with Crippen LogP contribution in [-0.2, 0) is 0 Å². The molecule has 0 fully saturated rings. The lowest BCUT2D eigenvalue weighted by Crippen LogP contribution is -2.13. The summed E-state index contributed by atoms with van der Waals surface area (Å²) in [5, 5.41) is 11.1. The van der Waals surface area contributed by atoms with Gasteiger partial charge in [0.1, 0.15) is 23.5 Å². The maximum Gasteiger partial charge on any atom is 0.255 e. The summed E-state index contributed by atoms with van der Waals surface area (Å²) < 4.78 is 38.9. The van der Waals surface area contributed by atoms with Crippen molar-refractivity contribution in [3.63, 3.8) is 0 Å². The van der Waals surface area contributed by atoms with E-state index in [4.69, 9.17) is 5.26 Å². The molecule has 2 aromatic rings. The Kier molecular flexibility index (Phi) is 3.71. The molecular weight excluding hydrogens is 269 g/mol. The number of hydrogen-bond acceptors (Lipinski definition) is 2. The van der Waals surface area contributed by atoms with Gasteiger partial charge in [0.15, 0.2) is 0 Å². The molecule has 0 aliphatic carbocycles. The van der Waals surface area contributed by atoms with E-state index in [2.05, 4.69) is 5.32 Å². The Morgan fingerprint density at radius 3 is 2.25 bits per heavy atom. The van der Waals surface area contributed by atoms with Crippen LogP contribution < -0.4 is 5.32 Å². The highest BCUT2D eigenvalue weighted by molar-refractivity contribution is 6.04. The van der Waals surface area contributed by atoms with Gasteiger partial charge in [-0.15, -0.1) is 0 Å². The van der Waals surface area contributed by atoms with E-state index in [9.17, 15) is 18.0 Å². The van der Waals surface area contributed by atoms with Gasteiger partial charge in [0.05, 0.1) is 11.3 Å². The molecular formula is C14H7F3N2O. The van der Waals surface area contributed by atoms with Gasteiger partial charge < -0.3 is 5.32 Å². The molecule has 0 aromatic heterocycles. The van der Waals surface area contributed by atoms with E-state index in [1.807, 2.05) is 0 Å². The van der Waals surface area contributed by atoms with Gasteiger partial charge in [-0.2, -0.15) is 5.26 Å². The summed E-state index contributed by atoms with van der Waals surface area (Å²) in [7, 11) is 0. The average molecular weight is 276 g/mol. The van der Waals surface area contributed by atoms with Gasteiger partial charge >= 0.3 is 0 Å². The van der Waals surface area contributed by atoms with Gasteiger partial charge in [-0.05, 0) is 30.3 Å². The van der Waals surface area contributed by atoms with Gasteiger partial charge in [0.2, 0.25) is 0 Å². The fourth-order valence-electron chi connectivity index (χ4n) is 1.60. The standard InChI is InChI=1S/C14H7F3N2O/c15-10-1-2-13(9(5-10)7-18)19-14(20)8-3-11(16)6-12(17)4-8/h1-6H,(H,19,20). The van der Waals surface area contributed by atoms with Crippen molar-refractivity contribution < 1.29 is 18.0 Å². The van der Waals surface area contributed by atoms with Crippen molar-refractivity contribution in [1.29, 1.82) is 5.26 Å². The average Bonchev–Trinajstić information content (AvgIpc) is 2.39. The number of anilines is 1. The number of nitrogens with zero attached hydrogens (tertiary/aromatic N) is 1. The number of halogens is 3. The number of carbonyl (C=O) groups excluding carboxylic acids is 1. The predicted molar refractivity (Wildman–Crippen MR) is 65.4 cm³/mol.